The normalized spacial score (nSPS) is 12.7. The van der Waals surface area contributed by atoms with E-state index in [0.29, 0.717) is 0 Å². The summed E-state index contributed by atoms with van der Waals surface area (Å²) in [6.45, 7) is 0. The fraction of sp³-hybridized carbons (Fsp3) is 0.0323. The largest absolute Gasteiger partial charge is 0.447 e. The lowest BCUT2D eigenvalue weighted by molar-refractivity contribution is 0.601. The first kappa shape index (κ1) is 17.7. The molecule has 0 N–H and O–H groups in total. The van der Waals surface area contributed by atoms with E-state index in [-0.39, 0.29) is 0 Å². The first-order chi connectivity index (χ1) is 17.3. The Labute approximate surface area is 199 Å². The summed E-state index contributed by atoms with van der Waals surface area (Å²) in [5, 5.41) is 7.44. The Kier molecular flexibility index (Phi) is 2.97. The number of hydrogen-bond donors (Lipinski definition) is 0. The molecule has 35 heavy (non-hydrogen) atoms. The van der Waals surface area contributed by atoms with Gasteiger partial charge >= 0.3 is 0 Å². The Morgan fingerprint density at radius 3 is 2.23 bits per heavy atom. The summed E-state index contributed by atoms with van der Waals surface area (Å²) >= 11 is 0. The van der Waals surface area contributed by atoms with Crippen LogP contribution in [0.4, 0.5) is 0 Å². The molecular weight excluding hydrogens is 430 g/mol. The predicted octanol–water partition coefficient (Wildman–Crippen LogP) is 8.02. The van der Waals surface area contributed by atoms with Crippen LogP contribution in [0.25, 0.3) is 76.8 Å². The van der Waals surface area contributed by atoms with Crippen molar-refractivity contribution in [2.75, 3.05) is 0 Å². The summed E-state index contributed by atoms with van der Waals surface area (Å²) in [5.74, 6) is 0. The molecule has 4 heteroatoms. The molecule has 0 spiro atoms. The number of rotatable bonds is 1. The first-order valence-corrected chi connectivity index (χ1v) is 11.9. The maximum Gasteiger partial charge on any atom is 0.212 e. The molecule has 0 atom stereocenters. The second kappa shape index (κ2) is 5.86. The van der Waals surface area contributed by atoms with E-state index in [1.807, 2.05) is 6.26 Å². The lowest BCUT2D eigenvalue weighted by Crippen LogP contribution is -1.94. The van der Waals surface area contributed by atoms with Crippen molar-refractivity contribution in [3.05, 3.63) is 97.3 Å². The van der Waals surface area contributed by atoms with Gasteiger partial charge in [0.2, 0.25) is 5.71 Å². The Morgan fingerprint density at radius 2 is 1.31 bits per heavy atom. The van der Waals surface area contributed by atoms with Crippen molar-refractivity contribution >= 4 is 71.1 Å². The minimum absolute atomic E-state index is 0.898. The van der Waals surface area contributed by atoms with E-state index >= 15 is 0 Å². The number of aromatic nitrogens is 3. The van der Waals surface area contributed by atoms with Crippen molar-refractivity contribution in [3.8, 4) is 5.69 Å². The Hall–Kier alpha value is -4.70. The molecule has 9 aromatic rings. The molecule has 0 aliphatic rings. The summed E-state index contributed by atoms with van der Waals surface area (Å²) in [5.41, 5.74) is 9.32. The van der Waals surface area contributed by atoms with Gasteiger partial charge in [0.15, 0.2) is 0 Å². The van der Waals surface area contributed by atoms with Gasteiger partial charge in [0, 0.05) is 50.6 Å². The zero-order valence-electron chi connectivity index (χ0n) is 19.0. The van der Waals surface area contributed by atoms with Crippen LogP contribution in [0.15, 0.2) is 102 Å². The van der Waals surface area contributed by atoms with Crippen molar-refractivity contribution in [1.29, 1.82) is 0 Å². The molecular formula is C31H19N3O. The number of furan rings is 1. The first-order valence-electron chi connectivity index (χ1n) is 11.9. The number of fused-ring (bicyclic) bond motifs is 8. The summed E-state index contributed by atoms with van der Waals surface area (Å²) in [4.78, 5) is 0. The van der Waals surface area contributed by atoms with Crippen LogP contribution in [0.1, 0.15) is 0 Å². The van der Waals surface area contributed by atoms with Crippen molar-refractivity contribution in [2.24, 2.45) is 7.05 Å². The molecule has 0 aliphatic heterocycles. The highest BCUT2D eigenvalue weighted by Gasteiger charge is 2.25. The summed E-state index contributed by atoms with van der Waals surface area (Å²) in [6.07, 6.45) is 1.81. The maximum atomic E-state index is 6.21. The summed E-state index contributed by atoms with van der Waals surface area (Å²) in [7, 11) is 2.17. The number of para-hydroxylation sites is 2. The molecule has 164 valence electrons. The van der Waals surface area contributed by atoms with Crippen molar-refractivity contribution in [2.45, 2.75) is 0 Å². The van der Waals surface area contributed by atoms with Crippen molar-refractivity contribution in [1.82, 2.24) is 13.5 Å². The molecule has 5 aromatic heterocycles. The molecule has 0 fully saturated rings. The lowest BCUT2D eigenvalue weighted by Gasteiger charge is -2.08. The topological polar surface area (TPSA) is 27.4 Å². The van der Waals surface area contributed by atoms with E-state index in [0.717, 1.165) is 16.8 Å². The SMILES string of the molecule is Cn1c2cccc3c2c2c1ccc1c4ccoc4n(c12)c1c2ccccc2n(-c2ccccc2)c31. The van der Waals surface area contributed by atoms with E-state index in [9.17, 15) is 0 Å². The average molecular weight is 450 g/mol. The second-order valence-electron chi connectivity index (χ2n) is 9.47. The van der Waals surface area contributed by atoms with Gasteiger partial charge < -0.3 is 13.6 Å². The van der Waals surface area contributed by atoms with E-state index < -0.39 is 0 Å². The van der Waals surface area contributed by atoms with Crippen LogP contribution >= 0.6 is 0 Å². The van der Waals surface area contributed by atoms with Gasteiger partial charge in [-0.2, -0.15) is 0 Å². The standard InChI is InChI=1S/C31H19N3O/c1-32-24-13-7-11-22-26(24)27-25(32)15-14-19-20-16-17-35-31(20)34(28(19)27)29-21-10-5-6-12-23(21)33(30(22)29)18-8-3-2-4-9-18/h2-17H,1H3. The Balaban J connectivity index is 1.79. The van der Waals surface area contributed by atoms with Gasteiger partial charge in [0.25, 0.3) is 0 Å². The molecule has 5 heterocycles. The van der Waals surface area contributed by atoms with Crippen LogP contribution < -0.4 is 0 Å². The Bertz CT molecular complexity index is 2270. The molecule has 0 saturated heterocycles. The van der Waals surface area contributed by atoms with Crippen LogP contribution in [-0.2, 0) is 7.05 Å². The summed E-state index contributed by atoms with van der Waals surface area (Å²) in [6, 6.07) is 32.7. The van der Waals surface area contributed by atoms with Gasteiger partial charge in [-0.05, 0) is 42.5 Å². The number of nitrogens with zero attached hydrogens (tertiary/aromatic N) is 3. The van der Waals surface area contributed by atoms with Gasteiger partial charge in [-0.3, -0.25) is 4.40 Å². The molecule has 0 amide bonds. The van der Waals surface area contributed by atoms with Crippen LogP contribution in [-0.4, -0.2) is 13.5 Å². The predicted molar refractivity (Wildman–Crippen MR) is 144 cm³/mol. The quantitative estimate of drug-likeness (QED) is 0.249. The van der Waals surface area contributed by atoms with Gasteiger partial charge in [0.1, 0.15) is 0 Å². The average Bonchev–Trinajstić information content (AvgIpc) is 3.62. The Morgan fingerprint density at radius 1 is 0.543 bits per heavy atom. The van der Waals surface area contributed by atoms with Gasteiger partial charge in [-0.15, -0.1) is 0 Å². The number of aryl methyl sites for hydroxylation is 1. The van der Waals surface area contributed by atoms with E-state index in [1.54, 1.807) is 0 Å². The highest BCUT2D eigenvalue weighted by molar-refractivity contribution is 6.34. The van der Waals surface area contributed by atoms with Crippen molar-refractivity contribution < 1.29 is 4.42 Å². The summed E-state index contributed by atoms with van der Waals surface area (Å²) < 4.78 is 13.3. The monoisotopic (exact) mass is 449 g/mol. The smallest absolute Gasteiger partial charge is 0.212 e. The van der Waals surface area contributed by atoms with Crippen LogP contribution in [0, 0.1) is 0 Å². The van der Waals surface area contributed by atoms with Gasteiger partial charge in [-0.1, -0.05) is 48.5 Å². The second-order valence-corrected chi connectivity index (χ2v) is 9.47. The van der Waals surface area contributed by atoms with Crippen LogP contribution in [0.2, 0.25) is 0 Å². The van der Waals surface area contributed by atoms with E-state index in [1.165, 1.54) is 60.0 Å². The zero-order valence-corrected chi connectivity index (χ0v) is 19.0. The third-order valence-corrected chi connectivity index (χ3v) is 7.87. The molecule has 4 nitrogen and oxygen atoms in total. The maximum absolute atomic E-state index is 6.21. The third-order valence-electron chi connectivity index (χ3n) is 7.87. The molecule has 0 aliphatic carbocycles. The minimum Gasteiger partial charge on any atom is -0.447 e. The number of hydrogen-bond acceptors (Lipinski definition) is 1. The van der Waals surface area contributed by atoms with Crippen molar-refractivity contribution in [3.63, 3.8) is 0 Å². The highest BCUT2D eigenvalue weighted by atomic mass is 16.3. The fourth-order valence-electron chi connectivity index (χ4n) is 6.50. The van der Waals surface area contributed by atoms with Crippen LogP contribution in [0.5, 0.6) is 0 Å². The van der Waals surface area contributed by atoms with E-state index in [2.05, 4.69) is 112 Å². The molecule has 0 unspecified atom stereocenters. The van der Waals surface area contributed by atoms with Gasteiger partial charge in [-0.25, -0.2) is 0 Å². The zero-order chi connectivity index (χ0) is 22.8. The molecule has 9 rings (SSSR count). The molecule has 0 radical (unpaired) electrons. The molecule has 0 bridgehead atoms. The fourth-order valence-corrected chi connectivity index (χ4v) is 6.50. The highest BCUT2D eigenvalue weighted by Crippen LogP contribution is 2.46. The van der Waals surface area contributed by atoms with Crippen LogP contribution in [0.3, 0.4) is 0 Å². The van der Waals surface area contributed by atoms with Gasteiger partial charge in [0.05, 0.1) is 33.8 Å². The minimum atomic E-state index is 0.898. The number of benzene rings is 4. The molecule has 0 saturated carbocycles. The van der Waals surface area contributed by atoms with E-state index in [4.69, 9.17) is 4.42 Å². The third kappa shape index (κ3) is 1.90. The lowest BCUT2D eigenvalue weighted by atomic mass is 10.1. The molecule has 4 aromatic carbocycles.